The third-order valence-electron chi connectivity index (χ3n) is 5.31. The van der Waals surface area contributed by atoms with Crippen LogP contribution in [0, 0.1) is 5.92 Å². The van der Waals surface area contributed by atoms with Crippen LogP contribution in [0.2, 0.25) is 18.1 Å². The average Bonchev–Trinajstić information content (AvgIpc) is 2.78. The molecule has 0 aliphatic heterocycles. The van der Waals surface area contributed by atoms with Crippen LogP contribution in [0.1, 0.15) is 27.2 Å². The Labute approximate surface area is 311 Å². The summed E-state index contributed by atoms with van der Waals surface area (Å²) in [6.45, 7) is 11.2. The van der Waals surface area contributed by atoms with Crippen molar-refractivity contribution in [3.05, 3.63) is 36.3 Å². The largest absolute Gasteiger partial charge is 2.00 e. The molecule has 1 aliphatic carbocycles. The molecule has 0 spiro atoms. The van der Waals surface area contributed by atoms with Crippen molar-refractivity contribution >= 4 is 44.4 Å². The van der Waals surface area contributed by atoms with E-state index in [0.29, 0.717) is 11.9 Å². The molecule has 0 saturated carbocycles. The van der Waals surface area contributed by atoms with Crippen LogP contribution in [0.15, 0.2) is 36.3 Å². The molecule has 52 heavy (non-hydrogen) atoms. The van der Waals surface area contributed by atoms with Gasteiger partial charge in [-0.1, -0.05) is 32.9 Å². The Balaban J connectivity index is -0.0000000744. The van der Waals surface area contributed by atoms with Gasteiger partial charge < -0.3 is 53.6 Å². The number of alkyl halides is 9. The van der Waals surface area contributed by atoms with Gasteiger partial charge in [-0.3, -0.25) is 0 Å². The number of rotatable bonds is 5. The van der Waals surface area contributed by atoms with Gasteiger partial charge >= 0.3 is 36.3 Å². The zero-order valence-electron chi connectivity index (χ0n) is 29.1. The van der Waals surface area contributed by atoms with Crippen LogP contribution in [0.5, 0.6) is 0 Å². The molecule has 320 valence electrons. The molecule has 0 aromatic carbocycles. The molecule has 17 nitrogen and oxygen atoms in total. The molecule has 0 aromatic rings. The first-order valence-electron chi connectivity index (χ1n) is 11.7. The first-order chi connectivity index (χ1) is 19.8. The van der Waals surface area contributed by atoms with Crippen LogP contribution < -0.4 is 30.8 Å². The van der Waals surface area contributed by atoms with Crippen LogP contribution in [0.3, 0.4) is 0 Å². The van der Waals surface area contributed by atoms with Crippen LogP contribution in [0.25, 0.3) is 0 Å². The Bertz CT molecular complexity index is 1350. The van der Waals surface area contributed by atoms with Crippen LogP contribution in [-0.2, 0) is 59.3 Å². The molecule has 1 aliphatic rings. The van der Waals surface area contributed by atoms with Gasteiger partial charge in [0.2, 0.25) is 0 Å². The molecule has 15 N–H and O–H groups in total. The molecule has 0 heterocycles. The van der Waals surface area contributed by atoms with Crippen molar-refractivity contribution in [2.24, 2.45) is 5.92 Å². The van der Waals surface area contributed by atoms with Crippen molar-refractivity contribution in [3.63, 3.8) is 0 Å². The van der Waals surface area contributed by atoms with E-state index in [1.807, 2.05) is 0 Å². The number of methoxy groups -OCH3 is 1. The van der Waals surface area contributed by atoms with Crippen molar-refractivity contribution in [3.8, 4) is 0 Å². The second kappa shape index (κ2) is 26.1. The number of halogens is 9. The molecule has 0 bridgehead atoms. The van der Waals surface area contributed by atoms with Gasteiger partial charge in [-0.15, -0.1) is 0 Å². The van der Waals surface area contributed by atoms with Gasteiger partial charge in [-0.25, -0.2) is 29.8 Å². The molecule has 1 rings (SSSR count). The van der Waals surface area contributed by atoms with E-state index in [1.165, 1.54) is 5.71 Å². The fraction of sp³-hybridized carbons (Fsp3) is 0.667. The molecule has 0 amide bonds. The third-order valence-corrected chi connectivity index (χ3v) is 11.3. The summed E-state index contributed by atoms with van der Waals surface area (Å²) < 4.78 is 190. The van der Waals surface area contributed by atoms with Crippen molar-refractivity contribution in [2.75, 3.05) is 21.2 Å². The summed E-state index contributed by atoms with van der Waals surface area (Å²) in [5, 5.41) is 0.171. The number of nitrogens with zero attached hydrogens (tertiary/aromatic N) is 1. The van der Waals surface area contributed by atoms with Crippen molar-refractivity contribution in [2.45, 2.75) is 61.8 Å². The van der Waals surface area contributed by atoms with E-state index in [1.54, 1.807) is 7.11 Å². The quantitative estimate of drug-likeness (QED) is 0.0582. The summed E-state index contributed by atoms with van der Waals surface area (Å²) in [5.74, 6) is 1.06. The smallest absolute Gasteiger partial charge is 0.741 e. The summed E-state index contributed by atoms with van der Waals surface area (Å²) in [4.78, 5) is 0. The van der Waals surface area contributed by atoms with Crippen molar-refractivity contribution in [1.29, 1.82) is 0 Å². The van der Waals surface area contributed by atoms with E-state index in [9.17, 15) is 39.5 Å². The van der Waals surface area contributed by atoms with E-state index in [-0.39, 0.29) is 55.6 Å². The minimum absolute atomic E-state index is 0. The second-order valence-corrected chi connectivity index (χ2v) is 19.1. The van der Waals surface area contributed by atoms with Crippen molar-refractivity contribution < 1.29 is 112 Å². The van der Waals surface area contributed by atoms with E-state index in [2.05, 4.69) is 82.9 Å². The zero-order chi connectivity index (χ0) is 38.0. The van der Waals surface area contributed by atoms with Crippen LogP contribution in [-0.4, -0.2) is 95.2 Å². The fourth-order valence-corrected chi connectivity index (χ4v) is 2.80. The van der Waals surface area contributed by atoms with Gasteiger partial charge in [0, 0.05) is 12.2 Å². The summed E-state index contributed by atoms with van der Waals surface area (Å²) in [5.41, 5.74) is -15.7. The molecule has 0 radical (unpaired) electrons. The monoisotopic (exact) mass is 1050 g/mol. The number of hydrogen-bond donors (Lipinski definition) is 5. The maximum absolute atomic E-state index is 10.7. The minimum atomic E-state index is -6.09. The Morgan fingerprint density at radius 3 is 1.15 bits per heavy atom. The van der Waals surface area contributed by atoms with Gasteiger partial charge in [0.1, 0.15) is 14.1 Å². The number of hydrogen-bond acceptors (Lipinski definition) is 16. The Kier molecular flexibility index (Phi) is 36.0. The molecule has 31 heteroatoms. The average molecular weight is 1050 g/mol. The standard InChI is InChI=1S/C18H32NO2Si.3CHF3O3S.5H3N.Os/c1-18(2,3)22(7,8)21-17(20-6)14-11-15-9-12-16(13-10-15)19(4)5;3*2-1(3,4)8(5,6)7;;;;;;/h9-10,12-15H,11H2,1-8H3;3*(H,5,6,7);5*1H3;/q+1;;;;;;;;;+2/p-3/b17-14+;;;;;;;;;. The summed E-state index contributed by atoms with van der Waals surface area (Å²) in [6.07, 6.45) is 11.8. The Hall–Kier alpha value is -1.76. The first-order valence-corrected chi connectivity index (χ1v) is 18.9. The van der Waals surface area contributed by atoms with Gasteiger partial charge in [0.25, 0.3) is 14.3 Å². The van der Waals surface area contributed by atoms with Crippen molar-refractivity contribution in [1.82, 2.24) is 30.8 Å². The second-order valence-electron chi connectivity index (χ2n) is 10.2. The molecular formula is C21H47F9N6O11OsS3Si. The Morgan fingerprint density at radius 2 is 0.981 bits per heavy atom. The molecule has 0 atom stereocenters. The van der Waals surface area contributed by atoms with Crippen LogP contribution >= 0.6 is 0 Å². The maximum atomic E-state index is 10.7. The van der Waals surface area contributed by atoms with E-state index >= 15 is 0 Å². The van der Waals surface area contributed by atoms with E-state index in [4.69, 9.17) is 48.1 Å². The molecule has 0 saturated heterocycles. The molecule has 0 fully saturated rings. The van der Waals surface area contributed by atoms with Gasteiger partial charge in [-0.2, -0.15) is 39.5 Å². The summed E-state index contributed by atoms with van der Waals surface area (Å²) in [6, 6.07) is 0. The summed E-state index contributed by atoms with van der Waals surface area (Å²) in [7, 11) is -14.3. The van der Waals surface area contributed by atoms with Gasteiger partial charge in [0.05, 0.1) is 7.11 Å². The van der Waals surface area contributed by atoms with E-state index < -0.39 is 55.2 Å². The van der Waals surface area contributed by atoms with Gasteiger partial charge in [-0.05, 0) is 36.5 Å². The predicted octanol–water partition coefficient (Wildman–Crippen LogP) is 5.30. The Morgan fingerprint density at radius 1 is 0.731 bits per heavy atom. The number of allylic oxidation sites excluding steroid dienone is 5. The maximum Gasteiger partial charge on any atom is 2.00 e. The number of ether oxygens (including phenoxy) is 1. The minimum Gasteiger partial charge on any atom is -0.741 e. The first kappa shape index (κ1) is 71.6. The SMILES string of the molecule is CO/C(=C\CC1C=CC(=[N+](C)C)C=C1)O[Si](C)(C)C(C)(C)C.N.N.N.N.N.O=S(=O)([O-])C(F)(F)F.O=S(=O)([O-])C(F)(F)F.O=S(=O)([O-])C(F)(F)F.[Os+2]. The third kappa shape index (κ3) is 29.7. The fourth-order valence-electron chi connectivity index (χ4n) is 1.82. The topological polar surface area (TPSA) is 368 Å². The predicted molar refractivity (Wildman–Crippen MR) is 169 cm³/mol. The normalized spacial score (nSPS) is 14.7. The zero-order valence-corrected chi connectivity index (χ0v) is 35.1. The van der Waals surface area contributed by atoms with E-state index in [0.717, 1.165) is 6.42 Å². The molecule has 0 aromatic heterocycles. The summed E-state index contributed by atoms with van der Waals surface area (Å²) >= 11 is 0. The van der Waals surface area contributed by atoms with Gasteiger partial charge in [0.15, 0.2) is 36.1 Å². The molecule has 0 unspecified atom stereocenters. The molecular weight excluding hydrogens is 998 g/mol. The van der Waals surface area contributed by atoms with Crippen LogP contribution in [0.4, 0.5) is 39.5 Å².